The number of methoxy groups -OCH3 is 2. The van der Waals surface area contributed by atoms with Crippen LogP contribution in [0, 0.1) is 0 Å². The predicted octanol–water partition coefficient (Wildman–Crippen LogP) is 2.17. The summed E-state index contributed by atoms with van der Waals surface area (Å²) < 4.78 is 10.3. The van der Waals surface area contributed by atoms with Crippen molar-refractivity contribution in [2.45, 2.75) is 26.2 Å². The highest BCUT2D eigenvalue weighted by Gasteiger charge is 2.20. The Morgan fingerprint density at radius 2 is 1.82 bits per heavy atom. The van der Waals surface area contributed by atoms with Crippen molar-refractivity contribution in [1.29, 1.82) is 0 Å². The monoisotopic (exact) mass is 307 g/mol. The van der Waals surface area contributed by atoms with Gasteiger partial charge in [-0.1, -0.05) is 26.0 Å². The van der Waals surface area contributed by atoms with Crippen LogP contribution >= 0.6 is 0 Å². The summed E-state index contributed by atoms with van der Waals surface area (Å²) >= 11 is 0. The quantitative estimate of drug-likeness (QED) is 0.439. The molecule has 0 heterocycles. The van der Waals surface area contributed by atoms with Crippen LogP contribution in [0.1, 0.15) is 26.3 Å². The molecule has 124 valence electrons. The van der Waals surface area contributed by atoms with E-state index in [4.69, 9.17) is 9.47 Å². The molecule has 0 saturated heterocycles. The van der Waals surface area contributed by atoms with E-state index in [0.717, 1.165) is 24.8 Å². The molecule has 0 fully saturated rings. The van der Waals surface area contributed by atoms with Crippen LogP contribution < -0.4 is 15.4 Å². The molecule has 0 aliphatic rings. The van der Waals surface area contributed by atoms with Crippen molar-refractivity contribution in [3.63, 3.8) is 0 Å². The molecule has 2 N–H and O–H groups in total. The first-order valence-corrected chi connectivity index (χ1v) is 7.69. The maximum Gasteiger partial charge on any atom is 0.191 e. The minimum absolute atomic E-state index is 0.0458. The molecule has 22 heavy (non-hydrogen) atoms. The molecule has 5 nitrogen and oxygen atoms in total. The van der Waals surface area contributed by atoms with E-state index in [0.29, 0.717) is 13.2 Å². The van der Waals surface area contributed by atoms with Crippen molar-refractivity contribution in [2.24, 2.45) is 4.99 Å². The fourth-order valence-corrected chi connectivity index (χ4v) is 2.02. The first-order chi connectivity index (χ1) is 10.5. The molecule has 0 aromatic heterocycles. The molecule has 0 spiro atoms. The maximum atomic E-state index is 5.21. The molecular weight excluding hydrogens is 278 g/mol. The predicted molar refractivity (Wildman–Crippen MR) is 91.9 cm³/mol. The third-order valence-corrected chi connectivity index (χ3v) is 3.45. The highest BCUT2D eigenvalue weighted by molar-refractivity contribution is 5.79. The Morgan fingerprint density at radius 3 is 2.36 bits per heavy atom. The van der Waals surface area contributed by atoms with E-state index >= 15 is 0 Å². The Kier molecular flexibility index (Phi) is 7.74. The maximum absolute atomic E-state index is 5.21. The van der Waals surface area contributed by atoms with Crippen LogP contribution in [0.15, 0.2) is 29.3 Å². The Bertz CT molecular complexity index is 455. The fraction of sp³-hybridized carbons (Fsp3) is 0.588. The van der Waals surface area contributed by atoms with Gasteiger partial charge >= 0.3 is 0 Å². The second-order valence-electron chi connectivity index (χ2n) is 5.73. The largest absolute Gasteiger partial charge is 0.497 e. The van der Waals surface area contributed by atoms with Crippen molar-refractivity contribution in [1.82, 2.24) is 10.6 Å². The lowest BCUT2D eigenvalue weighted by molar-refractivity contribution is 0.203. The van der Waals surface area contributed by atoms with Gasteiger partial charge in [-0.25, -0.2) is 0 Å². The van der Waals surface area contributed by atoms with Crippen LogP contribution in [0.3, 0.4) is 0 Å². The molecule has 0 aliphatic carbocycles. The summed E-state index contributed by atoms with van der Waals surface area (Å²) in [6, 6.07) is 8.17. The molecular formula is C17H29N3O2. The van der Waals surface area contributed by atoms with Crippen LogP contribution in [0.2, 0.25) is 0 Å². The summed E-state index contributed by atoms with van der Waals surface area (Å²) in [4.78, 5) is 4.68. The molecule has 0 saturated carbocycles. The number of hydrogen-bond donors (Lipinski definition) is 2. The standard InChI is InChI=1S/C17H29N3O2/c1-6-18-16(19-11-12-21-4)20-13-17(2,3)14-7-9-15(22-5)10-8-14/h7-10H,6,11-13H2,1-5H3,(H2,18,19,20). The van der Waals surface area contributed by atoms with Gasteiger partial charge in [0, 0.05) is 25.6 Å². The van der Waals surface area contributed by atoms with Gasteiger partial charge in [-0.15, -0.1) is 0 Å². The zero-order valence-electron chi connectivity index (χ0n) is 14.4. The van der Waals surface area contributed by atoms with Gasteiger partial charge in [0.05, 0.1) is 20.3 Å². The van der Waals surface area contributed by atoms with E-state index < -0.39 is 0 Å². The number of nitrogens with zero attached hydrogens (tertiary/aromatic N) is 1. The van der Waals surface area contributed by atoms with Crippen LogP contribution in [-0.4, -0.2) is 46.4 Å². The minimum atomic E-state index is -0.0458. The van der Waals surface area contributed by atoms with Crippen LogP contribution in [0.4, 0.5) is 0 Å². The van der Waals surface area contributed by atoms with Gasteiger partial charge in [0.15, 0.2) is 5.96 Å². The Labute approximate surface area is 134 Å². The molecule has 1 aromatic rings. The zero-order valence-corrected chi connectivity index (χ0v) is 14.4. The summed E-state index contributed by atoms with van der Waals surface area (Å²) in [5.41, 5.74) is 1.19. The Hall–Kier alpha value is -1.75. The van der Waals surface area contributed by atoms with Gasteiger partial charge in [0.1, 0.15) is 5.75 Å². The SMILES string of the molecule is CCNC(=NCC(C)(C)c1ccc(OC)cc1)NCCOC. The summed E-state index contributed by atoms with van der Waals surface area (Å²) in [6.07, 6.45) is 0. The average molecular weight is 307 g/mol. The van der Waals surface area contributed by atoms with Gasteiger partial charge < -0.3 is 20.1 Å². The molecule has 0 radical (unpaired) electrons. The second-order valence-corrected chi connectivity index (χ2v) is 5.73. The smallest absolute Gasteiger partial charge is 0.191 e. The fourth-order valence-electron chi connectivity index (χ4n) is 2.02. The van der Waals surface area contributed by atoms with E-state index in [2.05, 4.69) is 48.5 Å². The van der Waals surface area contributed by atoms with Crippen LogP contribution in [-0.2, 0) is 10.2 Å². The topological polar surface area (TPSA) is 54.9 Å². The van der Waals surface area contributed by atoms with E-state index in [1.807, 2.05) is 12.1 Å². The van der Waals surface area contributed by atoms with Crippen molar-refractivity contribution in [3.05, 3.63) is 29.8 Å². The summed E-state index contributed by atoms with van der Waals surface area (Å²) in [5.74, 6) is 1.69. The molecule has 0 unspecified atom stereocenters. The molecule has 0 bridgehead atoms. The third-order valence-electron chi connectivity index (χ3n) is 3.45. The first-order valence-electron chi connectivity index (χ1n) is 7.69. The Balaban J connectivity index is 2.71. The lowest BCUT2D eigenvalue weighted by Gasteiger charge is -2.24. The van der Waals surface area contributed by atoms with Gasteiger partial charge in [-0.05, 0) is 24.6 Å². The van der Waals surface area contributed by atoms with Gasteiger partial charge in [0.25, 0.3) is 0 Å². The van der Waals surface area contributed by atoms with Crippen molar-refractivity contribution in [2.75, 3.05) is 40.5 Å². The normalized spacial score (nSPS) is 12.1. The molecule has 5 heteroatoms. The van der Waals surface area contributed by atoms with Crippen molar-refractivity contribution < 1.29 is 9.47 Å². The number of rotatable bonds is 8. The molecule has 0 atom stereocenters. The number of nitrogens with one attached hydrogen (secondary N) is 2. The molecule has 1 aromatic carbocycles. The van der Waals surface area contributed by atoms with E-state index in [1.165, 1.54) is 5.56 Å². The minimum Gasteiger partial charge on any atom is -0.497 e. The lowest BCUT2D eigenvalue weighted by atomic mass is 9.85. The van der Waals surface area contributed by atoms with Crippen LogP contribution in [0.25, 0.3) is 0 Å². The second kappa shape index (κ2) is 9.30. The number of aliphatic imine (C=N–C) groups is 1. The van der Waals surface area contributed by atoms with E-state index in [1.54, 1.807) is 14.2 Å². The van der Waals surface area contributed by atoms with Crippen molar-refractivity contribution in [3.8, 4) is 5.75 Å². The number of benzene rings is 1. The van der Waals surface area contributed by atoms with E-state index in [9.17, 15) is 0 Å². The Morgan fingerprint density at radius 1 is 1.14 bits per heavy atom. The molecule has 0 amide bonds. The number of ether oxygens (including phenoxy) is 2. The highest BCUT2D eigenvalue weighted by atomic mass is 16.5. The van der Waals surface area contributed by atoms with E-state index in [-0.39, 0.29) is 5.41 Å². The van der Waals surface area contributed by atoms with Crippen LogP contribution in [0.5, 0.6) is 5.75 Å². The van der Waals surface area contributed by atoms with Gasteiger partial charge in [-0.3, -0.25) is 4.99 Å². The molecule has 0 aliphatic heterocycles. The first kappa shape index (κ1) is 18.3. The zero-order chi connectivity index (χ0) is 16.4. The molecule has 1 rings (SSSR count). The van der Waals surface area contributed by atoms with Gasteiger partial charge in [-0.2, -0.15) is 0 Å². The summed E-state index contributed by atoms with van der Waals surface area (Å²) in [6.45, 7) is 9.37. The third kappa shape index (κ3) is 5.93. The highest BCUT2D eigenvalue weighted by Crippen LogP contribution is 2.25. The number of guanidine groups is 1. The summed E-state index contributed by atoms with van der Waals surface area (Å²) in [5, 5.41) is 6.50. The average Bonchev–Trinajstić information content (AvgIpc) is 2.53. The number of hydrogen-bond acceptors (Lipinski definition) is 3. The lowest BCUT2D eigenvalue weighted by Crippen LogP contribution is -2.40. The summed E-state index contributed by atoms with van der Waals surface area (Å²) in [7, 11) is 3.37. The van der Waals surface area contributed by atoms with Gasteiger partial charge in [0.2, 0.25) is 0 Å². The van der Waals surface area contributed by atoms with Crippen molar-refractivity contribution >= 4 is 5.96 Å².